The van der Waals surface area contributed by atoms with Gasteiger partial charge in [-0.05, 0) is 25.0 Å². The van der Waals surface area contributed by atoms with Gasteiger partial charge in [-0.2, -0.15) is 0 Å². The maximum absolute atomic E-state index is 12.1. The molecule has 0 radical (unpaired) electrons. The highest BCUT2D eigenvalue weighted by atomic mass is 16.3. The van der Waals surface area contributed by atoms with Crippen molar-refractivity contribution in [2.24, 2.45) is 0 Å². The first kappa shape index (κ1) is 15.4. The third-order valence-corrected chi connectivity index (χ3v) is 5.03. The Morgan fingerprint density at radius 3 is 2.68 bits per heavy atom. The molecule has 5 heteroatoms. The molecule has 1 saturated carbocycles. The number of hydrogen-bond donors (Lipinski definition) is 3. The van der Waals surface area contributed by atoms with Crippen molar-refractivity contribution in [3.63, 3.8) is 0 Å². The summed E-state index contributed by atoms with van der Waals surface area (Å²) in [6.07, 6.45) is 10.3. The highest BCUT2D eigenvalue weighted by molar-refractivity contribution is 5.74. The molecule has 0 spiro atoms. The van der Waals surface area contributed by atoms with Gasteiger partial charge in [-0.15, -0.1) is 0 Å². The van der Waals surface area contributed by atoms with Crippen LogP contribution in [0.1, 0.15) is 56.7 Å². The summed E-state index contributed by atoms with van der Waals surface area (Å²) in [5.41, 5.74) is 0. The van der Waals surface area contributed by atoms with Crippen LogP contribution in [-0.2, 0) is 0 Å². The molecule has 3 N–H and O–H groups in total. The number of quaternary nitrogens is 1. The van der Waals surface area contributed by atoms with Crippen molar-refractivity contribution >= 4 is 6.03 Å². The average molecular weight is 306 g/mol. The predicted octanol–water partition coefficient (Wildman–Crippen LogP) is 1.63. The first-order chi connectivity index (χ1) is 10.8. The molecule has 0 aromatic carbocycles. The molecule has 2 fully saturated rings. The highest BCUT2D eigenvalue weighted by Crippen LogP contribution is 2.17. The van der Waals surface area contributed by atoms with Crippen LogP contribution in [0.4, 0.5) is 4.79 Å². The summed E-state index contributed by atoms with van der Waals surface area (Å²) in [4.78, 5) is 13.7. The van der Waals surface area contributed by atoms with E-state index in [1.807, 2.05) is 12.1 Å². The van der Waals surface area contributed by atoms with Gasteiger partial charge in [-0.25, -0.2) is 4.79 Å². The molecule has 2 amide bonds. The molecular formula is C17H28N3O2+. The second-order valence-electron chi connectivity index (χ2n) is 6.62. The third-order valence-electron chi connectivity index (χ3n) is 5.03. The Kier molecular flexibility index (Phi) is 5.38. The van der Waals surface area contributed by atoms with Crippen molar-refractivity contribution in [1.29, 1.82) is 0 Å². The van der Waals surface area contributed by atoms with Gasteiger partial charge in [0.1, 0.15) is 0 Å². The summed E-state index contributed by atoms with van der Waals surface area (Å²) >= 11 is 0. The summed E-state index contributed by atoms with van der Waals surface area (Å²) in [6, 6.07) is 4.52. The Morgan fingerprint density at radius 1 is 1.23 bits per heavy atom. The Balaban J connectivity index is 1.51. The fraction of sp³-hybridized carbons (Fsp3) is 0.706. The average Bonchev–Trinajstić information content (AvgIpc) is 3.22. The maximum atomic E-state index is 12.1. The summed E-state index contributed by atoms with van der Waals surface area (Å²) in [6.45, 7) is 2.97. The minimum Gasteiger partial charge on any atom is -0.463 e. The Labute approximate surface area is 132 Å². The zero-order valence-corrected chi connectivity index (χ0v) is 13.3. The predicted molar refractivity (Wildman–Crippen MR) is 84.8 cm³/mol. The van der Waals surface area contributed by atoms with Crippen LogP contribution < -0.4 is 15.5 Å². The molecule has 1 aromatic heterocycles. The summed E-state index contributed by atoms with van der Waals surface area (Å²) in [5.74, 6) is 0.981. The number of furan rings is 1. The van der Waals surface area contributed by atoms with Crippen LogP contribution >= 0.6 is 0 Å². The van der Waals surface area contributed by atoms with E-state index in [-0.39, 0.29) is 12.1 Å². The lowest BCUT2D eigenvalue weighted by molar-refractivity contribution is -0.919. The molecule has 0 bridgehead atoms. The third kappa shape index (κ3) is 4.03. The van der Waals surface area contributed by atoms with Crippen LogP contribution in [0.2, 0.25) is 0 Å². The fourth-order valence-corrected chi connectivity index (χ4v) is 3.79. The molecule has 122 valence electrons. The van der Waals surface area contributed by atoms with Gasteiger partial charge in [-0.3, -0.25) is 0 Å². The number of carbonyl (C=O) groups excluding carboxylic acids is 1. The lowest BCUT2D eigenvalue weighted by Gasteiger charge is -2.25. The molecule has 2 aliphatic rings. The molecule has 1 aromatic rings. The minimum absolute atomic E-state index is 0.0259. The molecule has 1 saturated heterocycles. The number of amides is 2. The van der Waals surface area contributed by atoms with Crippen LogP contribution in [0.15, 0.2) is 22.8 Å². The van der Waals surface area contributed by atoms with Gasteiger partial charge < -0.3 is 20.0 Å². The second kappa shape index (κ2) is 7.68. The molecule has 0 unspecified atom stereocenters. The minimum atomic E-state index is -0.0259. The number of hydrogen-bond acceptors (Lipinski definition) is 2. The van der Waals surface area contributed by atoms with E-state index in [4.69, 9.17) is 4.42 Å². The van der Waals surface area contributed by atoms with Crippen molar-refractivity contribution in [3.05, 3.63) is 24.2 Å². The van der Waals surface area contributed by atoms with Gasteiger partial charge in [0, 0.05) is 18.9 Å². The van der Waals surface area contributed by atoms with E-state index in [1.54, 1.807) is 6.26 Å². The number of likely N-dealkylation sites (tertiary alicyclic amines) is 1. The standard InChI is InChI=1S/C17H27N3O2/c21-17(19-14-7-2-1-3-8-14)18-13-15(16-9-6-12-22-16)20-10-4-5-11-20/h6,9,12,14-15H,1-5,7-8,10-11,13H2,(H2,18,19,21)/p+1/t15-/m0/s1. The van der Waals surface area contributed by atoms with Crippen molar-refractivity contribution < 1.29 is 14.1 Å². The van der Waals surface area contributed by atoms with E-state index in [0.29, 0.717) is 12.6 Å². The highest BCUT2D eigenvalue weighted by Gasteiger charge is 2.30. The zero-order chi connectivity index (χ0) is 15.2. The Bertz CT molecular complexity index is 448. The van der Waals surface area contributed by atoms with E-state index in [9.17, 15) is 4.79 Å². The fourth-order valence-electron chi connectivity index (χ4n) is 3.79. The molecule has 1 aliphatic carbocycles. The number of urea groups is 1. The van der Waals surface area contributed by atoms with E-state index in [0.717, 1.165) is 31.7 Å². The number of rotatable bonds is 5. The SMILES string of the molecule is O=C(NC[C@@H](c1ccco1)[NH+]1CCCC1)NC1CCCCC1. The van der Waals surface area contributed by atoms with Crippen LogP contribution in [0.5, 0.6) is 0 Å². The Morgan fingerprint density at radius 2 is 2.00 bits per heavy atom. The van der Waals surface area contributed by atoms with Gasteiger partial charge in [-0.1, -0.05) is 19.3 Å². The van der Waals surface area contributed by atoms with E-state index < -0.39 is 0 Å². The quantitative estimate of drug-likeness (QED) is 0.774. The molecule has 3 rings (SSSR count). The van der Waals surface area contributed by atoms with Gasteiger partial charge in [0.05, 0.1) is 25.9 Å². The van der Waals surface area contributed by atoms with Gasteiger partial charge in [0.25, 0.3) is 0 Å². The molecule has 22 heavy (non-hydrogen) atoms. The first-order valence-corrected chi connectivity index (χ1v) is 8.75. The normalized spacial score (nSPS) is 21.6. The number of nitrogens with one attached hydrogen (secondary N) is 3. The van der Waals surface area contributed by atoms with Gasteiger partial charge in [0.2, 0.25) is 0 Å². The molecule has 5 nitrogen and oxygen atoms in total. The smallest absolute Gasteiger partial charge is 0.315 e. The first-order valence-electron chi connectivity index (χ1n) is 8.75. The van der Waals surface area contributed by atoms with Crippen LogP contribution in [0, 0.1) is 0 Å². The topological polar surface area (TPSA) is 58.7 Å². The summed E-state index contributed by atoms with van der Waals surface area (Å²) < 4.78 is 5.60. The molecular weight excluding hydrogens is 278 g/mol. The van der Waals surface area contributed by atoms with Crippen molar-refractivity contribution in [2.75, 3.05) is 19.6 Å². The lowest BCUT2D eigenvalue weighted by atomic mass is 9.96. The van der Waals surface area contributed by atoms with Crippen molar-refractivity contribution in [1.82, 2.24) is 10.6 Å². The van der Waals surface area contributed by atoms with E-state index >= 15 is 0 Å². The van der Waals surface area contributed by atoms with Crippen LogP contribution in [0.25, 0.3) is 0 Å². The Hall–Kier alpha value is -1.49. The van der Waals surface area contributed by atoms with Crippen molar-refractivity contribution in [3.8, 4) is 0 Å². The maximum Gasteiger partial charge on any atom is 0.315 e. The number of carbonyl (C=O) groups is 1. The molecule has 1 aliphatic heterocycles. The molecule has 1 atom stereocenters. The summed E-state index contributed by atoms with van der Waals surface area (Å²) in [5, 5.41) is 6.18. The van der Waals surface area contributed by atoms with E-state index in [2.05, 4.69) is 10.6 Å². The summed E-state index contributed by atoms with van der Waals surface area (Å²) in [7, 11) is 0. The molecule has 2 heterocycles. The zero-order valence-electron chi connectivity index (χ0n) is 13.3. The largest absolute Gasteiger partial charge is 0.463 e. The van der Waals surface area contributed by atoms with Crippen LogP contribution in [-0.4, -0.2) is 31.7 Å². The lowest BCUT2D eigenvalue weighted by Crippen LogP contribution is -3.11. The van der Waals surface area contributed by atoms with Crippen molar-refractivity contribution in [2.45, 2.75) is 57.0 Å². The van der Waals surface area contributed by atoms with Gasteiger partial charge >= 0.3 is 6.03 Å². The second-order valence-corrected chi connectivity index (χ2v) is 6.62. The monoisotopic (exact) mass is 306 g/mol. The van der Waals surface area contributed by atoms with Gasteiger partial charge in [0.15, 0.2) is 11.8 Å². The van der Waals surface area contributed by atoms with E-state index in [1.165, 1.54) is 37.0 Å². The van der Waals surface area contributed by atoms with Crippen LogP contribution in [0.3, 0.4) is 0 Å².